The first-order valence-corrected chi connectivity index (χ1v) is 5.60. The van der Waals surface area contributed by atoms with Crippen LogP contribution >= 0.6 is 0 Å². The van der Waals surface area contributed by atoms with Crippen LogP contribution in [0.2, 0.25) is 0 Å². The predicted molar refractivity (Wildman–Crippen MR) is 68.9 cm³/mol. The highest BCUT2D eigenvalue weighted by Crippen LogP contribution is 2.11. The standard InChI is InChI=1S/C14H17NO2/c1-11-6-7-13(14(9-11)10-16)5-3-4-8-15-12(2)17/h3,5-7,9-10H,4,8H2,1-2H3,(H,15,17). The Morgan fingerprint density at radius 3 is 2.76 bits per heavy atom. The van der Waals surface area contributed by atoms with Gasteiger partial charge in [0.2, 0.25) is 5.91 Å². The maximum Gasteiger partial charge on any atom is 0.216 e. The first-order valence-electron chi connectivity index (χ1n) is 5.60. The van der Waals surface area contributed by atoms with Crippen LogP contribution < -0.4 is 5.32 Å². The van der Waals surface area contributed by atoms with Crippen molar-refractivity contribution in [2.24, 2.45) is 0 Å². The molecule has 1 aromatic rings. The van der Waals surface area contributed by atoms with Gasteiger partial charge in [0.25, 0.3) is 0 Å². The molecule has 1 rings (SSSR count). The van der Waals surface area contributed by atoms with Crippen LogP contribution in [0.5, 0.6) is 0 Å². The van der Waals surface area contributed by atoms with Gasteiger partial charge < -0.3 is 5.32 Å². The molecule has 0 radical (unpaired) electrons. The van der Waals surface area contributed by atoms with E-state index in [0.717, 1.165) is 23.8 Å². The second-order valence-electron chi connectivity index (χ2n) is 3.92. The molecule has 90 valence electrons. The predicted octanol–water partition coefficient (Wildman–Crippen LogP) is 2.35. The van der Waals surface area contributed by atoms with Gasteiger partial charge in [-0.05, 0) is 25.0 Å². The second kappa shape index (κ2) is 6.63. The summed E-state index contributed by atoms with van der Waals surface area (Å²) in [5.74, 6) is -0.0256. The van der Waals surface area contributed by atoms with E-state index in [-0.39, 0.29) is 5.91 Å². The molecular weight excluding hydrogens is 214 g/mol. The van der Waals surface area contributed by atoms with Gasteiger partial charge in [0.1, 0.15) is 0 Å². The first-order chi connectivity index (χ1) is 8.13. The largest absolute Gasteiger partial charge is 0.356 e. The number of rotatable bonds is 5. The molecule has 0 aliphatic heterocycles. The van der Waals surface area contributed by atoms with E-state index >= 15 is 0 Å². The molecule has 0 bridgehead atoms. The van der Waals surface area contributed by atoms with Crippen LogP contribution in [0.25, 0.3) is 6.08 Å². The Bertz CT molecular complexity index is 436. The molecule has 0 atom stereocenters. The number of aryl methyl sites for hydroxylation is 1. The molecule has 0 fully saturated rings. The van der Waals surface area contributed by atoms with E-state index in [1.807, 2.05) is 37.3 Å². The zero-order valence-corrected chi connectivity index (χ0v) is 10.2. The van der Waals surface area contributed by atoms with Gasteiger partial charge in [-0.3, -0.25) is 9.59 Å². The molecule has 0 unspecified atom stereocenters. The second-order valence-corrected chi connectivity index (χ2v) is 3.92. The highest BCUT2D eigenvalue weighted by molar-refractivity contribution is 5.82. The van der Waals surface area contributed by atoms with Crippen molar-refractivity contribution >= 4 is 18.3 Å². The topological polar surface area (TPSA) is 46.2 Å². The maximum absolute atomic E-state index is 10.9. The van der Waals surface area contributed by atoms with E-state index in [1.54, 1.807) is 0 Å². The quantitative estimate of drug-likeness (QED) is 0.624. The van der Waals surface area contributed by atoms with E-state index < -0.39 is 0 Å². The zero-order valence-electron chi connectivity index (χ0n) is 10.2. The van der Waals surface area contributed by atoms with Gasteiger partial charge in [-0.2, -0.15) is 0 Å². The lowest BCUT2D eigenvalue weighted by Crippen LogP contribution is -2.20. The molecule has 1 N–H and O–H groups in total. The summed E-state index contributed by atoms with van der Waals surface area (Å²) in [5, 5.41) is 2.71. The average molecular weight is 231 g/mol. The van der Waals surface area contributed by atoms with E-state index in [2.05, 4.69) is 5.32 Å². The number of amides is 1. The van der Waals surface area contributed by atoms with Crippen molar-refractivity contribution in [3.8, 4) is 0 Å². The third-order valence-corrected chi connectivity index (χ3v) is 2.35. The lowest BCUT2D eigenvalue weighted by molar-refractivity contribution is -0.118. The third-order valence-electron chi connectivity index (χ3n) is 2.35. The van der Waals surface area contributed by atoms with Crippen LogP contribution in [-0.2, 0) is 4.79 Å². The molecule has 3 nitrogen and oxygen atoms in total. The fourth-order valence-electron chi connectivity index (χ4n) is 1.49. The monoisotopic (exact) mass is 231 g/mol. The van der Waals surface area contributed by atoms with Crippen molar-refractivity contribution in [1.82, 2.24) is 5.32 Å². The Morgan fingerprint density at radius 1 is 1.35 bits per heavy atom. The number of nitrogens with one attached hydrogen (secondary N) is 1. The van der Waals surface area contributed by atoms with Gasteiger partial charge in [0.05, 0.1) is 0 Å². The molecule has 0 aliphatic carbocycles. The van der Waals surface area contributed by atoms with Crippen LogP contribution in [0.4, 0.5) is 0 Å². The molecule has 0 aromatic heterocycles. The van der Waals surface area contributed by atoms with Crippen molar-refractivity contribution in [3.63, 3.8) is 0 Å². The van der Waals surface area contributed by atoms with Crippen LogP contribution in [-0.4, -0.2) is 18.7 Å². The fraction of sp³-hybridized carbons (Fsp3) is 0.286. The van der Waals surface area contributed by atoms with Gasteiger partial charge in [-0.25, -0.2) is 0 Å². The van der Waals surface area contributed by atoms with Gasteiger partial charge in [-0.15, -0.1) is 0 Å². The summed E-state index contributed by atoms with van der Waals surface area (Å²) in [6, 6.07) is 5.76. The van der Waals surface area contributed by atoms with Gasteiger partial charge in [-0.1, -0.05) is 29.8 Å². The molecule has 17 heavy (non-hydrogen) atoms. The molecule has 0 heterocycles. The highest BCUT2D eigenvalue weighted by Gasteiger charge is 1.97. The smallest absolute Gasteiger partial charge is 0.216 e. The molecular formula is C14H17NO2. The van der Waals surface area contributed by atoms with Crippen molar-refractivity contribution in [2.45, 2.75) is 20.3 Å². The molecule has 3 heteroatoms. The SMILES string of the molecule is CC(=O)NCCC=Cc1ccc(C)cc1C=O. The third kappa shape index (κ3) is 4.64. The van der Waals surface area contributed by atoms with E-state index in [1.165, 1.54) is 6.92 Å². The Labute approximate surface area is 102 Å². The minimum Gasteiger partial charge on any atom is -0.356 e. The molecule has 0 aliphatic rings. The minimum atomic E-state index is -0.0256. The average Bonchev–Trinajstić information content (AvgIpc) is 2.29. The van der Waals surface area contributed by atoms with Crippen molar-refractivity contribution < 1.29 is 9.59 Å². The Kier molecular flexibility index (Phi) is 5.14. The lowest BCUT2D eigenvalue weighted by Gasteiger charge is -2.01. The summed E-state index contributed by atoms with van der Waals surface area (Å²) in [6.07, 6.45) is 5.48. The van der Waals surface area contributed by atoms with Crippen molar-refractivity contribution in [3.05, 3.63) is 41.0 Å². The molecule has 0 saturated heterocycles. The van der Waals surface area contributed by atoms with Crippen molar-refractivity contribution in [1.29, 1.82) is 0 Å². The summed E-state index contributed by atoms with van der Waals surface area (Å²) in [7, 11) is 0. The summed E-state index contributed by atoms with van der Waals surface area (Å²) in [4.78, 5) is 21.5. The Morgan fingerprint density at radius 2 is 2.12 bits per heavy atom. The fourth-order valence-corrected chi connectivity index (χ4v) is 1.49. The van der Waals surface area contributed by atoms with Gasteiger partial charge in [0, 0.05) is 19.0 Å². The number of aldehydes is 1. The molecule has 1 aromatic carbocycles. The van der Waals surface area contributed by atoms with Crippen LogP contribution in [0.15, 0.2) is 24.3 Å². The molecule has 0 saturated carbocycles. The van der Waals surface area contributed by atoms with E-state index in [9.17, 15) is 9.59 Å². The molecule has 0 spiro atoms. The number of benzene rings is 1. The van der Waals surface area contributed by atoms with E-state index in [4.69, 9.17) is 0 Å². The summed E-state index contributed by atoms with van der Waals surface area (Å²) < 4.78 is 0. The van der Waals surface area contributed by atoms with Gasteiger partial charge >= 0.3 is 0 Å². The summed E-state index contributed by atoms with van der Waals surface area (Å²) >= 11 is 0. The number of hydrogen-bond acceptors (Lipinski definition) is 2. The number of hydrogen-bond donors (Lipinski definition) is 1. The van der Waals surface area contributed by atoms with E-state index in [0.29, 0.717) is 12.1 Å². The maximum atomic E-state index is 10.9. The Balaban J connectivity index is 2.58. The normalized spacial score (nSPS) is 10.5. The van der Waals surface area contributed by atoms with Crippen LogP contribution in [0, 0.1) is 6.92 Å². The van der Waals surface area contributed by atoms with Crippen LogP contribution in [0.3, 0.4) is 0 Å². The minimum absolute atomic E-state index is 0.0256. The number of carbonyl (C=O) groups is 2. The Hall–Kier alpha value is -1.90. The van der Waals surface area contributed by atoms with Crippen molar-refractivity contribution in [2.75, 3.05) is 6.54 Å². The number of carbonyl (C=O) groups excluding carboxylic acids is 2. The van der Waals surface area contributed by atoms with Crippen LogP contribution in [0.1, 0.15) is 34.8 Å². The summed E-state index contributed by atoms with van der Waals surface area (Å²) in [5.41, 5.74) is 2.68. The molecule has 1 amide bonds. The lowest BCUT2D eigenvalue weighted by atomic mass is 10.0. The first kappa shape index (κ1) is 13.2. The zero-order chi connectivity index (χ0) is 12.7. The van der Waals surface area contributed by atoms with Gasteiger partial charge in [0.15, 0.2) is 6.29 Å². The summed E-state index contributed by atoms with van der Waals surface area (Å²) in [6.45, 7) is 4.07. The highest BCUT2D eigenvalue weighted by atomic mass is 16.1.